The zero-order valence-corrected chi connectivity index (χ0v) is 29.6. The minimum atomic E-state index is -0.893. The van der Waals surface area contributed by atoms with Gasteiger partial charge in [0, 0.05) is 46.9 Å². The number of hydrogen-bond donors (Lipinski definition) is 5. The van der Waals surface area contributed by atoms with Crippen LogP contribution in [0.15, 0.2) is 10.5 Å². The Morgan fingerprint density at radius 1 is 0.907 bits per heavy atom. The first kappa shape index (κ1) is 38.9. The summed E-state index contributed by atoms with van der Waals surface area (Å²) in [5.41, 5.74) is 3.41. The molecule has 0 aromatic heterocycles. The van der Waals surface area contributed by atoms with Crippen LogP contribution < -0.4 is 21.3 Å². The second-order valence-electron chi connectivity index (χ2n) is 13.3. The molecule has 1 rings (SSSR count). The molecule has 2 atom stereocenters. The number of aliphatic hydroxyl groups excluding tert-OH is 1. The molecule has 43 heavy (non-hydrogen) atoms. The van der Waals surface area contributed by atoms with Gasteiger partial charge in [-0.25, -0.2) is 0 Å². The Hall–Kier alpha value is -2.17. The van der Waals surface area contributed by atoms with Crippen LogP contribution in [-0.2, 0) is 19.1 Å². The molecular weight excluding hydrogens is 612 g/mol. The number of carbonyl (C=O) groups excluding carboxylic acids is 3. The Labute approximate surface area is 268 Å². The number of anilines is 1. The van der Waals surface area contributed by atoms with E-state index in [2.05, 4.69) is 58.0 Å². The van der Waals surface area contributed by atoms with Crippen molar-refractivity contribution in [3.05, 3.63) is 27.2 Å². The molecule has 0 saturated heterocycles. The van der Waals surface area contributed by atoms with E-state index in [9.17, 15) is 19.5 Å². The van der Waals surface area contributed by atoms with E-state index < -0.39 is 12.3 Å². The fourth-order valence-electron chi connectivity index (χ4n) is 4.63. The molecule has 0 saturated carbocycles. The molecule has 3 amide bonds. The summed E-state index contributed by atoms with van der Waals surface area (Å²) in [6.45, 7) is 19.7. The SMILES string of the molecule is CCCCCC(=O)NCC(C)(C)COCC(C)(C)CNC(=O)[C@H](CCC(O)Nc1c(C)cc(C)c(Br)c1C)NC(=O)CC. The molecular formula is C33H57BrN4O5. The number of amides is 3. The minimum absolute atomic E-state index is 0.0750. The van der Waals surface area contributed by atoms with Gasteiger partial charge in [0.2, 0.25) is 17.7 Å². The molecule has 5 N–H and O–H groups in total. The Balaban J connectivity index is 2.64. The van der Waals surface area contributed by atoms with Crippen LogP contribution in [0.2, 0.25) is 0 Å². The highest BCUT2D eigenvalue weighted by atomic mass is 79.9. The molecule has 9 nitrogen and oxygen atoms in total. The molecule has 1 aromatic rings. The van der Waals surface area contributed by atoms with Crippen LogP contribution in [-0.4, -0.2) is 61.4 Å². The van der Waals surface area contributed by atoms with E-state index >= 15 is 0 Å². The van der Waals surface area contributed by atoms with Crippen LogP contribution >= 0.6 is 15.9 Å². The molecule has 0 heterocycles. The summed E-state index contributed by atoms with van der Waals surface area (Å²) in [4.78, 5) is 37.4. The van der Waals surface area contributed by atoms with Crippen LogP contribution in [0.5, 0.6) is 0 Å². The monoisotopic (exact) mass is 668 g/mol. The highest BCUT2D eigenvalue weighted by Gasteiger charge is 2.27. The Kier molecular flexibility index (Phi) is 16.8. The van der Waals surface area contributed by atoms with E-state index in [1.807, 2.05) is 40.7 Å². The average Bonchev–Trinajstić information content (AvgIpc) is 2.93. The Bertz CT molecular complexity index is 1060. The predicted molar refractivity (Wildman–Crippen MR) is 178 cm³/mol. The number of hydrogen-bond acceptors (Lipinski definition) is 6. The highest BCUT2D eigenvalue weighted by Crippen LogP contribution is 2.31. The molecule has 0 bridgehead atoms. The Morgan fingerprint density at radius 2 is 1.51 bits per heavy atom. The fourth-order valence-corrected chi connectivity index (χ4v) is 4.94. The van der Waals surface area contributed by atoms with E-state index in [1.165, 1.54) is 0 Å². The van der Waals surface area contributed by atoms with Gasteiger partial charge in [-0.15, -0.1) is 0 Å². The topological polar surface area (TPSA) is 129 Å². The lowest BCUT2D eigenvalue weighted by atomic mass is 9.92. The van der Waals surface area contributed by atoms with Crippen LogP contribution in [0.25, 0.3) is 0 Å². The summed E-state index contributed by atoms with van der Waals surface area (Å²) in [6.07, 6.45) is 3.51. The van der Waals surface area contributed by atoms with Gasteiger partial charge in [-0.05, 0) is 56.7 Å². The number of ether oxygens (including phenoxy) is 1. The predicted octanol–water partition coefficient (Wildman–Crippen LogP) is 5.66. The molecule has 1 aromatic carbocycles. The van der Waals surface area contributed by atoms with Gasteiger partial charge in [-0.2, -0.15) is 0 Å². The van der Waals surface area contributed by atoms with Crippen molar-refractivity contribution < 1.29 is 24.2 Å². The molecule has 0 aliphatic heterocycles. The molecule has 0 spiro atoms. The van der Waals surface area contributed by atoms with Crippen molar-refractivity contribution in [3.8, 4) is 0 Å². The van der Waals surface area contributed by atoms with Gasteiger partial charge in [-0.1, -0.05) is 76.4 Å². The van der Waals surface area contributed by atoms with E-state index in [-0.39, 0.29) is 47.8 Å². The van der Waals surface area contributed by atoms with Gasteiger partial charge in [0.15, 0.2) is 0 Å². The fraction of sp³-hybridized carbons (Fsp3) is 0.727. The molecule has 246 valence electrons. The van der Waals surface area contributed by atoms with Gasteiger partial charge < -0.3 is 31.1 Å². The number of rotatable bonds is 20. The average molecular weight is 670 g/mol. The molecule has 0 aliphatic rings. The van der Waals surface area contributed by atoms with Crippen molar-refractivity contribution in [1.29, 1.82) is 0 Å². The first-order chi connectivity index (χ1) is 20.0. The van der Waals surface area contributed by atoms with E-state index in [0.717, 1.165) is 46.1 Å². The third-order valence-corrected chi connectivity index (χ3v) is 8.61. The normalized spacial score (nSPS) is 13.3. The molecule has 0 fully saturated rings. The third-order valence-electron chi connectivity index (χ3n) is 7.39. The number of aliphatic hydroxyl groups is 1. The summed E-state index contributed by atoms with van der Waals surface area (Å²) >= 11 is 3.60. The van der Waals surface area contributed by atoms with Gasteiger partial charge >= 0.3 is 0 Å². The van der Waals surface area contributed by atoms with Gasteiger partial charge in [0.25, 0.3) is 0 Å². The van der Waals surface area contributed by atoms with Crippen molar-refractivity contribution >= 4 is 39.3 Å². The molecule has 1 unspecified atom stereocenters. The quantitative estimate of drug-likeness (QED) is 0.0901. The van der Waals surface area contributed by atoms with E-state index in [4.69, 9.17) is 4.74 Å². The number of unbranched alkanes of at least 4 members (excludes halogenated alkanes) is 2. The standard InChI is InChI=1S/C33H57BrN4O5/c1-10-12-13-14-27(40)35-18-32(6,7)20-43-21-33(8,9)19-36-31(42)25(37-26(39)11-2)15-16-28(41)38-30-23(4)17-22(3)29(34)24(30)5/h17,25,28,38,41H,10-16,18-21H2,1-9H3,(H,35,40)(H,36,42)(H,37,39)/t25-,28?/m0/s1. The maximum atomic E-state index is 13.2. The van der Waals surface area contributed by atoms with Crippen molar-refractivity contribution in [1.82, 2.24) is 16.0 Å². The van der Waals surface area contributed by atoms with Crippen molar-refractivity contribution in [2.24, 2.45) is 10.8 Å². The van der Waals surface area contributed by atoms with Gasteiger partial charge in [0.1, 0.15) is 12.3 Å². The number of halogens is 1. The summed E-state index contributed by atoms with van der Waals surface area (Å²) < 4.78 is 7.01. The van der Waals surface area contributed by atoms with Crippen molar-refractivity contribution in [2.75, 3.05) is 31.6 Å². The van der Waals surface area contributed by atoms with Crippen LogP contribution in [0, 0.1) is 31.6 Å². The lowest BCUT2D eigenvalue weighted by molar-refractivity contribution is -0.129. The second-order valence-corrected chi connectivity index (χ2v) is 14.1. The van der Waals surface area contributed by atoms with Gasteiger partial charge in [-0.3, -0.25) is 14.4 Å². The third kappa shape index (κ3) is 14.9. The lowest BCUT2D eigenvalue weighted by Gasteiger charge is -2.30. The lowest BCUT2D eigenvalue weighted by Crippen LogP contribution is -2.49. The van der Waals surface area contributed by atoms with Crippen molar-refractivity contribution in [3.63, 3.8) is 0 Å². The van der Waals surface area contributed by atoms with Crippen LogP contribution in [0.3, 0.4) is 0 Å². The van der Waals surface area contributed by atoms with Crippen LogP contribution in [0.1, 0.15) is 103 Å². The number of aryl methyl sites for hydroxylation is 2. The largest absolute Gasteiger partial charge is 0.380 e. The minimum Gasteiger partial charge on any atom is -0.380 e. The maximum absolute atomic E-state index is 13.2. The summed E-state index contributed by atoms with van der Waals surface area (Å²) in [5, 5.41) is 22.7. The van der Waals surface area contributed by atoms with Gasteiger partial charge in [0.05, 0.1) is 13.2 Å². The number of carbonyl (C=O) groups is 3. The van der Waals surface area contributed by atoms with Crippen LogP contribution in [0.4, 0.5) is 5.69 Å². The van der Waals surface area contributed by atoms with Crippen molar-refractivity contribution in [2.45, 2.75) is 120 Å². The molecule has 10 heteroatoms. The molecule has 0 radical (unpaired) electrons. The summed E-state index contributed by atoms with van der Waals surface area (Å²) in [5.74, 6) is -0.441. The first-order valence-electron chi connectivity index (χ1n) is 15.6. The van der Waals surface area contributed by atoms with E-state index in [0.29, 0.717) is 32.7 Å². The molecule has 0 aliphatic carbocycles. The second kappa shape index (κ2) is 18.6. The maximum Gasteiger partial charge on any atom is 0.242 e. The number of nitrogens with one attached hydrogen (secondary N) is 4. The first-order valence-corrected chi connectivity index (χ1v) is 16.4. The highest BCUT2D eigenvalue weighted by molar-refractivity contribution is 9.10. The smallest absolute Gasteiger partial charge is 0.242 e. The zero-order valence-electron chi connectivity index (χ0n) is 28.0. The zero-order chi connectivity index (χ0) is 32.8. The number of benzene rings is 1. The Morgan fingerprint density at radius 3 is 2.09 bits per heavy atom. The summed E-state index contributed by atoms with van der Waals surface area (Å²) in [7, 11) is 0. The van der Waals surface area contributed by atoms with E-state index in [1.54, 1.807) is 6.92 Å². The summed E-state index contributed by atoms with van der Waals surface area (Å²) in [6, 6.07) is 1.27.